The molecule has 0 fully saturated rings. The number of hydrogen-bond donors (Lipinski definition) is 1. The van der Waals surface area contributed by atoms with Crippen LogP contribution in [0.1, 0.15) is 11.1 Å². The Hall–Kier alpha value is -2.97. The van der Waals surface area contributed by atoms with Gasteiger partial charge in [0.2, 0.25) is 5.91 Å². The fourth-order valence-electron chi connectivity index (χ4n) is 3.01. The van der Waals surface area contributed by atoms with Gasteiger partial charge in [-0.15, -0.1) is 11.8 Å². The fourth-order valence-corrected chi connectivity index (χ4v) is 5.06. The molecule has 0 aliphatic heterocycles. The number of sulfone groups is 1. The van der Waals surface area contributed by atoms with Gasteiger partial charge in [0, 0.05) is 16.1 Å². The zero-order valence-corrected chi connectivity index (χ0v) is 19.8. The molecule has 1 N–H and O–H groups in total. The average molecular weight is 472 g/mol. The van der Waals surface area contributed by atoms with Crippen molar-refractivity contribution < 1.29 is 22.7 Å². The van der Waals surface area contributed by atoms with Crippen LogP contribution < -0.4 is 14.8 Å². The minimum absolute atomic E-state index is 0.160. The summed E-state index contributed by atoms with van der Waals surface area (Å²) in [6.07, 6.45) is 0. The van der Waals surface area contributed by atoms with Crippen molar-refractivity contribution >= 4 is 33.2 Å². The fraction of sp³-hybridized carbons (Fsp3) is 0.208. The summed E-state index contributed by atoms with van der Waals surface area (Å²) in [5.74, 6) is 0.902. The molecule has 3 aromatic carbocycles. The third-order valence-electron chi connectivity index (χ3n) is 4.72. The van der Waals surface area contributed by atoms with Crippen LogP contribution in [0.15, 0.2) is 76.5 Å². The second-order valence-corrected chi connectivity index (χ2v) is 10.1. The molecule has 0 atom stereocenters. The molecule has 3 rings (SSSR count). The lowest BCUT2D eigenvalue weighted by Crippen LogP contribution is -2.14. The van der Waals surface area contributed by atoms with Gasteiger partial charge in [-0.3, -0.25) is 4.79 Å². The number of amides is 1. The zero-order valence-electron chi connectivity index (χ0n) is 18.1. The number of nitrogens with one attached hydrogen (secondary N) is 1. The van der Waals surface area contributed by atoms with E-state index in [4.69, 9.17) is 9.47 Å². The second-order valence-electron chi connectivity index (χ2n) is 7.11. The highest BCUT2D eigenvalue weighted by atomic mass is 32.2. The SMILES string of the molecule is COc1ccc(OC)c(CS(=O)(=O)c2ccc(NC(=O)CSc3ccc(C)cc3)cc2)c1. The van der Waals surface area contributed by atoms with E-state index >= 15 is 0 Å². The normalized spacial score (nSPS) is 11.1. The lowest BCUT2D eigenvalue weighted by Gasteiger charge is -2.12. The topological polar surface area (TPSA) is 81.7 Å². The molecule has 3 aromatic rings. The summed E-state index contributed by atoms with van der Waals surface area (Å²) in [5.41, 5.74) is 2.22. The highest BCUT2D eigenvalue weighted by Crippen LogP contribution is 2.28. The van der Waals surface area contributed by atoms with Gasteiger partial charge in [-0.05, 0) is 61.5 Å². The van der Waals surface area contributed by atoms with Gasteiger partial charge in [-0.1, -0.05) is 17.7 Å². The standard InChI is InChI=1S/C24H25NO5S2/c1-17-4-9-21(10-5-17)31-15-24(26)25-19-6-11-22(12-7-19)32(27,28)16-18-14-20(29-2)8-13-23(18)30-3/h4-14H,15-16H2,1-3H3,(H,25,26). The molecule has 168 valence electrons. The van der Waals surface area contributed by atoms with Crippen LogP contribution in [0.25, 0.3) is 0 Å². The van der Waals surface area contributed by atoms with E-state index in [1.807, 2.05) is 31.2 Å². The molecule has 0 saturated heterocycles. The van der Waals surface area contributed by atoms with Gasteiger partial charge in [-0.2, -0.15) is 0 Å². The molecule has 0 aromatic heterocycles. The maximum absolute atomic E-state index is 12.9. The Morgan fingerprint density at radius 1 is 0.938 bits per heavy atom. The van der Waals surface area contributed by atoms with E-state index in [0.717, 1.165) is 4.90 Å². The van der Waals surface area contributed by atoms with E-state index in [1.165, 1.54) is 43.7 Å². The summed E-state index contributed by atoms with van der Waals surface area (Å²) in [6.45, 7) is 2.01. The van der Waals surface area contributed by atoms with Gasteiger partial charge in [-0.25, -0.2) is 8.42 Å². The minimum atomic E-state index is -3.62. The number of aryl methyl sites for hydroxylation is 1. The molecule has 1 amide bonds. The van der Waals surface area contributed by atoms with Crippen molar-refractivity contribution in [2.24, 2.45) is 0 Å². The Balaban J connectivity index is 1.64. The first kappa shape index (κ1) is 23.7. The summed E-state index contributed by atoms with van der Waals surface area (Å²) in [7, 11) is -0.606. The van der Waals surface area contributed by atoms with E-state index in [1.54, 1.807) is 30.3 Å². The van der Waals surface area contributed by atoms with Crippen molar-refractivity contribution in [3.8, 4) is 11.5 Å². The van der Waals surface area contributed by atoms with E-state index in [2.05, 4.69) is 5.32 Å². The molecule has 0 aliphatic rings. The van der Waals surface area contributed by atoms with Crippen LogP contribution in [0.3, 0.4) is 0 Å². The maximum atomic E-state index is 12.9. The van der Waals surface area contributed by atoms with Crippen molar-refractivity contribution in [2.45, 2.75) is 22.5 Å². The molecular weight excluding hydrogens is 446 g/mol. The largest absolute Gasteiger partial charge is 0.497 e. The van der Waals surface area contributed by atoms with Crippen LogP contribution in [0.4, 0.5) is 5.69 Å². The quantitative estimate of drug-likeness (QED) is 0.455. The van der Waals surface area contributed by atoms with Crippen LogP contribution in [0.5, 0.6) is 11.5 Å². The monoisotopic (exact) mass is 471 g/mol. The zero-order chi connectivity index (χ0) is 23.1. The van der Waals surface area contributed by atoms with Crippen LogP contribution in [-0.2, 0) is 20.4 Å². The Kier molecular flexibility index (Phi) is 7.82. The van der Waals surface area contributed by atoms with Crippen molar-refractivity contribution in [3.05, 3.63) is 77.9 Å². The van der Waals surface area contributed by atoms with E-state index in [0.29, 0.717) is 22.7 Å². The van der Waals surface area contributed by atoms with Crippen molar-refractivity contribution in [3.63, 3.8) is 0 Å². The van der Waals surface area contributed by atoms with Crippen LogP contribution in [0, 0.1) is 6.92 Å². The first-order valence-electron chi connectivity index (χ1n) is 9.84. The molecule has 8 heteroatoms. The Morgan fingerprint density at radius 2 is 1.62 bits per heavy atom. The lowest BCUT2D eigenvalue weighted by molar-refractivity contribution is -0.113. The highest BCUT2D eigenvalue weighted by molar-refractivity contribution is 8.00. The van der Waals surface area contributed by atoms with Gasteiger partial charge < -0.3 is 14.8 Å². The molecule has 0 bridgehead atoms. The molecule has 32 heavy (non-hydrogen) atoms. The highest BCUT2D eigenvalue weighted by Gasteiger charge is 2.19. The minimum Gasteiger partial charge on any atom is -0.497 e. The van der Waals surface area contributed by atoms with Crippen LogP contribution >= 0.6 is 11.8 Å². The van der Waals surface area contributed by atoms with Gasteiger partial charge in [0.25, 0.3) is 0 Å². The van der Waals surface area contributed by atoms with E-state index < -0.39 is 9.84 Å². The van der Waals surface area contributed by atoms with Gasteiger partial charge in [0.15, 0.2) is 9.84 Å². The predicted octanol–water partition coefficient (Wildman–Crippen LogP) is 4.72. The summed E-state index contributed by atoms with van der Waals surface area (Å²) in [4.78, 5) is 13.4. The number of ether oxygens (including phenoxy) is 2. The number of hydrogen-bond acceptors (Lipinski definition) is 6. The number of thioether (sulfide) groups is 1. The van der Waals surface area contributed by atoms with Crippen molar-refractivity contribution in [1.82, 2.24) is 0 Å². The van der Waals surface area contributed by atoms with Gasteiger partial charge >= 0.3 is 0 Å². The summed E-state index contributed by atoms with van der Waals surface area (Å²) < 4.78 is 36.3. The molecule has 0 heterocycles. The van der Waals surface area contributed by atoms with Crippen molar-refractivity contribution in [2.75, 3.05) is 25.3 Å². The van der Waals surface area contributed by atoms with Gasteiger partial charge in [0.05, 0.1) is 30.6 Å². The van der Waals surface area contributed by atoms with Crippen molar-refractivity contribution in [1.29, 1.82) is 0 Å². The molecule has 6 nitrogen and oxygen atoms in total. The summed E-state index contributed by atoms with van der Waals surface area (Å²) in [6, 6.07) is 19.1. The smallest absolute Gasteiger partial charge is 0.234 e. The second kappa shape index (κ2) is 10.6. The predicted molar refractivity (Wildman–Crippen MR) is 127 cm³/mol. The third kappa shape index (κ3) is 6.27. The number of anilines is 1. The molecule has 0 spiro atoms. The maximum Gasteiger partial charge on any atom is 0.234 e. The van der Waals surface area contributed by atoms with E-state index in [-0.39, 0.29) is 22.3 Å². The molecule has 0 saturated carbocycles. The Bertz CT molecular complexity index is 1170. The Morgan fingerprint density at radius 3 is 2.25 bits per heavy atom. The van der Waals surface area contributed by atoms with E-state index in [9.17, 15) is 13.2 Å². The number of carbonyl (C=O) groups is 1. The molecule has 0 aliphatic carbocycles. The number of carbonyl (C=O) groups excluding carboxylic acids is 1. The first-order valence-corrected chi connectivity index (χ1v) is 12.5. The van der Waals surface area contributed by atoms with Crippen LogP contribution in [0.2, 0.25) is 0 Å². The summed E-state index contributed by atoms with van der Waals surface area (Å²) in [5, 5.41) is 2.79. The lowest BCUT2D eigenvalue weighted by atomic mass is 10.2. The number of benzene rings is 3. The number of methoxy groups -OCH3 is 2. The molecule has 0 unspecified atom stereocenters. The van der Waals surface area contributed by atoms with Gasteiger partial charge in [0.1, 0.15) is 11.5 Å². The Labute approximate surface area is 192 Å². The third-order valence-corrected chi connectivity index (χ3v) is 7.41. The average Bonchev–Trinajstić information content (AvgIpc) is 2.78. The molecular formula is C24H25NO5S2. The first-order chi connectivity index (χ1) is 15.3. The number of rotatable bonds is 9. The molecule has 0 radical (unpaired) electrons. The summed E-state index contributed by atoms with van der Waals surface area (Å²) >= 11 is 1.44. The van der Waals surface area contributed by atoms with Crippen LogP contribution in [-0.4, -0.2) is 34.3 Å².